The molecule has 0 radical (unpaired) electrons. The van der Waals surface area contributed by atoms with Crippen molar-refractivity contribution in [2.75, 3.05) is 11.9 Å². The van der Waals surface area contributed by atoms with Crippen molar-refractivity contribution >= 4 is 28.5 Å². The van der Waals surface area contributed by atoms with Crippen LogP contribution in [-0.4, -0.2) is 33.2 Å². The van der Waals surface area contributed by atoms with Gasteiger partial charge in [-0.2, -0.15) is 5.10 Å². The van der Waals surface area contributed by atoms with E-state index in [1.807, 2.05) is 75.4 Å². The monoisotopic (exact) mass is 430 g/mol. The summed E-state index contributed by atoms with van der Waals surface area (Å²) in [4.78, 5) is 28.1. The minimum absolute atomic E-state index is 0.0248. The molecule has 1 amide bonds. The fourth-order valence-electron chi connectivity index (χ4n) is 3.86. The highest BCUT2D eigenvalue weighted by Gasteiger charge is 2.17. The molecule has 0 bridgehead atoms. The number of benzene rings is 2. The van der Waals surface area contributed by atoms with Gasteiger partial charge in [0.15, 0.2) is 0 Å². The van der Waals surface area contributed by atoms with Crippen molar-refractivity contribution in [3.63, 3.8) is 0 Å². The molecule has 0 aliphatic rings. The third-order valence-corrected chi connectivity index (χ3v) is 5.50. The quantitative estimate of drug-likeness (QED) is 0.426. The Labute approximate surface area is 186 Å². The van der Waals surface area contributed by atoms with Crippen LogP contribution in [0.15, 0.2) is 54.6 Å². The van der Waals surface area contributed by atoms with Crippen LogP contribution in [0.1, 0.15) is 29.1 Å². The number of carbonyl (C=O) groups is 2. The van der Waals surface area contributed by atoms with Crippen LogP contribution >= 0.6 is 0 Å². The summed E-state index contributed by atoms with van der Waals surface area (Å²) >= 11 is 0. The fourth-order valence-corrected chi connectivity index (χ4v) is 3.86. The van der Waals surface area contributed by atoms with Crippen molar-refractivity contribution in [1.82, 2.24) is 14.8 Å². The molecule has 0 saturated carbocycles. The van der Waals surface area contributed by atoms with E-state index >= 15 is 0 Å². The second-order valence-corrected chi connectivity index (χ2v) is 7.76. The number of ether oxygens (including phenoxy) is 1. The molecule has 0 aliphatic heterocycles. The number of aromatic nitrogens is 3. The van der Waals surface area contributed by atoms with Crippen molar-refractivity contribution in [3.8, 4) is 5.69 Å². The number of carbonyl (C=O) groups excluding carboxylic acids is 2. The number of rotatable bonds is 7. The van der Waals surface area contributed by atoms with E-state index < -0.39 is 0 Å². The van der Waals surface area contributed by atoms with Gasteiger partial charge in [-0.1, -0.05) is 36.4 Å². The van der Waals surface area contributed by atoms with Gasteiger partial charge in [-0.25, -0.2) is 4.68 Å². The molecule has 0 saturated heterocycles. The number of para-hydroxylation sites is 2. The third-order valence-electron chi connectivity index (χ3n) is 5.50. The number of aryl methyl sites for hydroxylation is 2. The van der Waals surface area contributed by atoms with E-state index in [0.717, 1.165) is 39.2 Å². The second-order valence-electron chi connectivity index (χ2n) is 7.76. The predicted molar refractivity (Wildman–Crippen MR) is 124 cm³/mol. The predicted octanol–water partition coefficient (Wildman–Crippen LogP) is 4.39. The first-order chi connectivity index (χ1) is 15.4. The summed E-state index contributed by atoms with van der Waals surface area (Å²) in [7, 11) is 0. The van der Waals surface area contributed by atoms with Crippen LogP contribution in [0.2, 0.25) is 0 Å². The molecular formula is C25H26N4O3. The average molecular weight is 431 g/mol. The number of amides is 1. The lowest BCUT2D eigenvalue weighted by molar-refractivity contribution is -0.143. The highest BCUT2D eigenvalue weighted by molar-refractivity contribution is 5.92. The number of hydrogen-bond donors (Lipinski definition) is 2. The summed E-state index contributed by atoms with van der Waals surface area (Å²) in [6.45, 7) is 5.73. The van der Waals surface area contributed by atoms with Gasteiger partial charge in [0.2, 0.25) is 5.91 Å². The van der Waals surface area contributed by atoms with Gasteiger partial charge in [0.25, 0.3) is 0 Å². The largest absolute Gasteiger partial charge is 0.465 e. The molecule has 164 valence electrons. The van der Waals surface area contributed by atoms with E-state index in [2.05, 4.69) is 15.4 Å². The lowest BCUT2D eigenvalue weighted by Gasteiger charge is -2.08. The maximum Gasteiger partial charge on any atom is 0.310 e. The molecule has 0 fully saturated rings. The summed E-state index contributed by atoms with van der Waals surface area (Å²) in [5.41, 5.74) is 6.04. The highest BCUT2D eigenvalue weighted by Crippen LogP contribution is 2.24. The van der Waals surface area contributed by atoms with Crippen molar-refractivity contribution in [2.24, 2.45) is 0 Å². The van der Waals surface area contributed by atoms with Crippen molar-refractivity contribution in [2.45, 2.75) is 33.6 Å². The van der Waals surface area contributed by atoms with Crippen LogP contribution < -0.4 is 5.32 Å². The maximum atomic E-state index is 12.4. The van der Waals surface area contributed by atoms with Gasteiger partial charge in [-0.3, -0.25) is 9.59 Å². The molecule has 7 nitrogen and oxygen atoms in total. The van der Waals surface area contributed by atoms with Crippen molar-refractivity contribution < 1.29 is 14.3 Å². The molecule has 0 unspecified atom stereocenters. The Hall–Kier alpha value is -3.87. The van der Waals surface area contributed by atoms with Gasteiger partial charge in [0.1, 0.15) is 6.61 Å². The van der Waals surface area contributed by atoms with Gasteiger partial charge in [0.05, 0.1) is 35.6 Å². The third kappa shape index (κ3) is 4.42. The number of esters is 1. The molecule has 0 spiro atoms. The van der Waals surface area contributed by atoms with E-state index in [-0.39, 0.29) is 31.3 Å². The number of aromatic amines is 1. The average Bonchev–Trinajstić information content (AvgIpc) is 3.25. The minimum atomic E-state index is -0.352. The van der Waals surface area contributed by atoms with Gasteiger partial charge in [-0.05, 0) is 44.5 Å². The topological polar surface area (TPSA) is 89.0 Å². The summed E-state index contributed by atoms with van der Waals surface area (Å²) in [6.07, 6.45) is 0.244. The van der Waals surface area contributed by atoms with E-state index in [1.54, 1.807) is 4.68 Å². The van der Waals surface area contributed by atoms with Gasteiger partial charge >= 0.3 is 5.97 Å². The number of fused-ring (bicyclic) bond motifs is 1. The van der Waals surface area contributed by atoms with Crippen molar-refractivity contribution in [1.29, 1.82) is 0 Å². The SMILES string of the molecule is Cc1nn(-c2ccccc2)c(C)c1NC(=O)CCOC(=O)Cc1c(C)[nH]c2ccccc12. The molecule has 2 heterocycles. The molecule has 0 aliphatic carbocycles. The molecular weight excluding hydrogens is 404 g/mol. The number of hydrogen-bond acceptors (Lipinski definition) is 4. The Morgan fingerprint density at radius 3 is 2.53 bits per heavy atom. The number of H-pyrrole nitrogens is 1. The van der Waals surface area contributed by atoms with Crippen LogP contribution in [0.25, 0.3) is 16.6 Å². The Kier molecular flexibility index (Phi) is 6.07. The van der Waals surface area contributed by atoms with Crippen molar-refractivity contribution in [3.05, 3.63) is 77.2 Å². The minimum Gasteiger partial charge on any atom is -0.465 e. The summed E-state index contributed by atoms with van der Waals surface area (Å²) < 4.78 is 7.13. The molecule has 32 heavy (non-hydrogen) atoms. The number of anilines is 1. The Bertz CT molecular complexity index is 1270. The first-order valence-corrected chi connectivity index (χ1v) is 10.6. The lowest BCUT2D eigenvalue weighted by atomic mass is 10.1. The number of nitrogens with zero attached hydrogens (tertiary/aromatic N) is 2. The zero-order chi connectivity index (χ0) is 22.7. The Balaban J connectivity index is 1.32. The zero-order valence-electron chi connectivity index (χ0n) is 18.4. The zero-order valence-corrected chi connectivity index (χ0v) is 18.4. The Morgan fingerprint density at radius 1 is 1.03 bits per heavy atom. The summed E-state index contributed by atoms with van der Waals surface area (Å²) in [6, 6.07) is 17.6. The lowest BCUT2D eigenvalue weighted by Crippen LogP contribution is -2.17. The van der Waals surface area contributed by atoms with Crippen LogP contribution in [0.5, 0.6) is 0 Å². The van der Waals surface area contributed by atoms with Crippen LogP contribution in [-0.2, 0) is 20.7 Å². The van der Waals surface area contributed by atoms with E-state index in [1.165, 1.54) is 0 Å². The first kappa shape index (κ1) is 21.4. The standard InChI is InChI=1S/C25H26N4O3/c1-16-21(20-11-7-8-12-22(20)26-16)15-24(31)32-14-13-23(30)27-25-17(2)28-29(18(25)3)19-9-5-4-6-10-19/h4-12,26H,13-15H2,1-3H3,(H,27,30). The molecule has 4 rings (SSSR count). The molecule has 2 aromatic carbocycles. The van der Waals surface area contributed by atoms with Crippen LogP contribution in [0.4, 0.5) is 5.69 Å². The van der Waals surface area contributed by atoms with E-state index in [4.69, 9.17) is 4.74 Å². The second kappa shape index (κ2) is 9.09. The maximum absolute atomic E-state index is 12.4. The van der Waals surface area contributed by atoms with Crippen LogP contribution in [0.3, 0.4) is 0 Å². The summed E-state index contributed by atoms with van der Waals surface area (Å²) in [5.74, 6) is -0.574. The fraction of sp³-hybridized carbons (Fsp3) is 0.240. The number of nitrogens with one attached hydrogen (secondary N) is 2. The highest BCUT2D eigenvalue weighted by atomic mass is 16.5. The van der Waals surface area contributed by atoms with Crippen LogP contribution in [0, 0.1) is 20.8 Å². The smallest absolute Gasteiger partial charge is 0.310 e. The molecule has 4 aromatic rings. The normalized spacial score (nSPS) is 11.0. The van der Waals surface area contributed by atoms with E-state index in [9.17, 15) is 9.59 Å². The first-order valence-electron chi connectivity index (χ1n) is 10.6. The molecule has 2 aromatic heterocycles. The van der Waals surface area contributed by atoms with Gasteiger partial charge < -0.3 is 15.0 Å². The molecule has 2 N–H and O–H groups in total. The van der Waals surface area contributed by atoms with E-state index in [0.29, 0.717) is 5.69 Å². The molecule has 0 atom stereocenters. The Morgan fingerprint density at radius 2 is 1.75 bits per heavy atom. The summed E-state index contributed by atoms with van der Waals surface area (Å²) in [5, 5.41) is 8.45. The van der Waals surface area contributed by atoms with Gasteiger partial charge in [0, 0.05) is 16.6 Å². The molecule has 7 heteroatoms. The van der Waals surface area contributed by atoms with Gasteiger partial charge in [-0.15, -0.1) is 0 Å².